The van der Waals surface area contributed by atoms with Crippen LogP contribution in [0.25, 0.3) is 0 Å². The number of benzene rings is 1. The molecule has 2 rings (SSSR count). The highest BCUT2D eigenvalue weighted by molar-refractivity contribution is 5.33. The zero-order valence-corrected chi connectivity index (χ0v) is 9.66. The Hall–Kier alpha value is -1.02. The van der Waals surface area contributed by atoms with Crippen molar-refractivity contribution in [2.45, 2.75) is 32.2 Å². The lowest BCUT2D eigenvalue weighted by atomic mass is 9.57. The summed E-state index contributed by atoms with van der Waals surface area (Å²) in [6.07, 6.45) is 1.10. The molecule has 2 unspecified atom stereocenters. The van der Waals surface area contributed by atoms with Crippen LogP contribution in [0.15, 0.2) is 24.3 Å². The van der Waals surface area contributed by atoms with Crippen LogP contribution in [0.5, 0.6) is 5.75 Å². The molecule has 1 saturated carbocycles. The molecule has 1 aliphatic rings. The fourth-order valence-electron chi connectivity index (χ4n) is 2.36. The van der Waals surface area contributed by atoms with E-state index < -0.39 is 0 Å². The van der Waals surface area contributed by atoms with Gasteiger partial charge < -0.3 is 10.5 Å². The fourth-order valence-corrected chi connectivity index (χ4v) is 2.36. The van der Waals surface area contributed by atoms with Crippen LogP contribution < -0.4 is 10.5 Å². The van der Waals surface area contributed by atoms with Gasteiger partial charge in [0.1, 0.15) is 5.75 Å². The van der Waals surface area contributed by atoms with Gasteiger partial charge in [0.2, 0.25) is 0 Å². The Bertz CT molecular complexity index is 342. The van der Waals surface area contributed by atoms with Crippen molar-refractivity contribution in [2.24, 2.45) is 11.1 Å². The summed E-state index contributed by atoms with van der Waals surface area (Å²) in [5.74, 6) is 1.51. The number of nitrogens with two attached hydrogens (primary N) is 1. The van der Waals surface area contributed by atoms with Gasteiger partial charge in [-0.05, 0) is 35.4 Å². The SMILES string of the molecule is COc1ccc(C2CC(N)C2(C)C)cc1. The maximum absolute atomic E-state index is 6.02. The van der Waals surface area contributed by atoms with Crippen LogP contribution in [0, 0.1) is 5.41 Å². The normalized spacial score (nSPS) is 28.3. The Balaban J connectivity index is 2.18. The molecule has 2 nitrogen and oxygen atoms in total. The Morgan fingerprint density at radius 1 is 1.27 bits per heavy atom. The fraction of sp³-hybridized carbons (Fsp3) is 0.538. The van der Waals surface area contributed by atoms with Gasteiger partial charge in [0.05, 0.1) is 7.11 Å². The summed E-state index contributed by atoms with van der Waals surface area (Å²) >= 11 is 0. The van der Waals surface area contributed by atoms with Gasteiger partial charge in [0.15, 0.2) is 0 Å². The highest BCUT2D eigenvalue weighted by Gasteiger charge is 2.46. The van der Waals surface area contributed by atoms with E-state index in [0.29, 0.717) is 12.0 Å². The Morgan fingerprint density at radius 2 is 1.87 bits per heavy atom. The maximum atomic E-state index is 6.02. The van der Waals surface area contributed by atoms with Crippen molar-refractivity contribution in [3.05, 3.63) is 29.8 Å². The molecule has 0 radical (unpaired) electrons. The van der Waals surface area contributed by atoms with Crippen LogP contribution in [0.1, 0.15) is 31.7 Å². The van der Waals surface area contributed by atoms with E-state index >= 15 is 0 Å². The highest BCUT2D eigenvalue weighted by Crippen LogP contribution is 2.51. The maximum Gasteiger partial charge on any atom is 0.118 e. The summed E-state index contributed by atoms with van der Waals surface area (Å²) in [5.41, 5.74) is 7.62. The summed E-state index contributed by atoms with van der Waals surface area (Å²) in [7, 11) is 1.69. The second kappa shape index (κ2) is 3.53. The Morgan fingerprint density at radius 3 is 2.27 bits per heavy atom. The van der Waals surface area contributed by atoms with Gasteiger partial charge >= 0.3 is 0 Å². The third kappa shape index (κ3) is 1.63. The summed E-state index contributed by atoms with van der Waals surface area (Å²) in [6.45, 7) is 4.49. The molecular formula is C13H19NO. The predicted octanol–water partition coefficient (Wildman–Crippen LogP) is 2.54. The minimum absolute atomic E-state index is 0.231. The minimum atomic E-state index is 0.231. The topological polar surface area (TPSA) is 35.2 Å². The highest BCUT2D eigenvalue weighted by atomic mass is 16.5. The first-order valence-corrected chi connectivity index (χ1v) is 5.45. The summed E-state index contributed by atoms with van der Waals surface area (Å²) in [4.78, 5) is 0. The molecule has 1 aromatic carbocycles. The second-order valence-corrected chi connectivity index (χ2v) is 4.99. The van der Waals surface area contributed by atoms with Crippen LogP contribution in [0.2, 0.25) is 0 Å². The van der Waals surface area contributed by atoms with Crippen LogP contribution in [0.3, 0.4) is 0 Å². The number of hydrogen-bond acceptors (Lipinski definition) is 2. The first kappa shape index (κ1) is 10.5. The number of methoxy groups -OCH3 is 1. The first-order valence-electron chi connectivity index (χ1n) is 5.45. The molecule has 0 aromatic heterocycles. The van der Waals surface area contributed by atoms with E-state index in [9.17, 15) is 0 Å². The molecule has 0 spiro atoms. The number of rotatable bonds is 2. The molecule has 82 valence electrons. The van der Waals surface area contributed by atoms with Gasteiger partial charge in [-0.1, -0.05) is 26.0 Å². The molecule has 1 aliphatic carbocycles. The molecule has 1 fully saturated rings. The Kier molecular flexibility index (Phi) is 2.47. The zero-order valence-electron chi connectivity index (χ0n) is 9.66. The van der Waals surface area contributed by atoms with Gasteiger partial charge in [-0.25, -0.2) is 0 Å². The molecule has 0 aliphatic heterocycles. The van der Waals surface area contributed by atoms with Crippen molar-refractivity contribution in [1.82, 2.24) is 0 Å². The van der Waals surface area contributed by atoms with E-state index in [4.69, 9.17) is 10.5 Å². The predicted molar refractivity (Wildman–Crippen MR) is 62.1 cm³/mol. The second-order valence-electron chi connectivity index (χ2n) is 4.99. The standard InChI is InChI=1S/C13H19NO/c1-13(2)11(8-12(13)14)9-4-6-10(15-3)7-5-9/h4-7,11-12H,8,14H2,1-3H3. The molecule has 2 atom stereocenters. The largest absolute Gasteiger partial charge is 0.497 e. The first-order chi connectivity index (χ1) is 7.05. The molecular weight excluding hydrogens is 186 g/mol. The Labute approximate surface area is 91.4 Å². The lowest BCUT2D eigenvalue weighted by Crippen LogP contribution is -2.52. The van der Waals surface area contributed by atoms with Gasteiger partial charge in [-0.3, -0.25) is 0 Å². The molecule has 0 heterocycles. The average Bonchev–Trinajstić information content (AvgIpc) is 2.26. The van der Waals surface area contributed by atoms with Gasteiger partial charge in [0.25, 0.3) is 0 Å². The lowest BCUT2D eigenvalue weighted by Gasteiger charge is -2.50. The quantitative estimate of drug-likeness (QED) is 0.805. The zero-order chi connectivity index (χ0) is 11.1. The summed E-state index contributed by atoms with van der Waals surface area (Å²) < 4.78 is 5.15. The van der Waals surface area contributed by atoms with Crippen molar-refractivity contribution < 1.29 is 4.74 Å². The van der Waals surface area contributed by atoms with Crippen LogP contribution in [0.4, 0.5) is 0 Å². The number of ether oxygens (including phenoxy) is 1. The monoisotopic (exact) mass is 205 g/mol. The molecule has 1 aromatic rings. The molecule has 0 bridgehead atoms. The van der Waals surface area contributed by atoms with Gasteiger partial charge in [0, 0.05) is 6.04 Å². The van der Waals surface area contributed by atoms with Crippen molar-refractivity contribution >= 4 is 0 Å². The van der Waals surface area contributed by atoms with Crippen LogP contribution >= 0.6 is 0 Å². The third-order valence-electron chi connectivity index (χ3n) is 3.86. The van der Waals surface area contributed by atoms with Crippen molar-refractivity contribution in [1.29, 1.82) is 0 Å². The lowest BCUT2D eigenvalue weighted by molar-refractivity contribution is 0.0983. The van der Waals surface area contributed by atoms with E-state index in [1.54, 1.807) is 7.11 Å². The molecule has 0 amide bonds. The van der Waals surface area contributed by atoms with Crippen LogP contribution in [-0.4, -0.2) is 13.2 Å². The third-order valence-corrected chi connectivity index (χ3v) is 3.86. The molecule has 15 heavy (non-hydrogen) atoms. The average molecular weight is 205 g/mol. The van der Waals surface area contributed by atoms with E-state index in [2.05, 4.69) is 26.0 Å². The van der Waals surface area contributed by atoms with Crippen molar-refractivity contribution in [2.75, 3.05) is 7.11 Å². The summed E-state index contributed by atoms with van der Waals surface area (Å²) in [5, 5.41) is 0. The van der Waals surface area contributed by atoms with Crippen molar-refractivity contribution in [3.8, 4) is 5.75 Å². The van der Waals surface area contributed by atoms with Gasteiger partial charge in [-0.15, -0.1) is 0 Å². The van der Waals surface area contributed by atoms with E-state index in [-0.39, 0.29) is 5.41 Å². The smallest absolute Gasteiger partial charge is 0.118 e. The van der Waals surface area contributed by atoms with E-state index in [0.717, 1.165) is 12.2 Å². The van der Waals surface area contributed by atoms with Gasteiger partial charge in [-0.2, -0.15) is 0 Å². The van der Waals surface area contributed by atoms with Crippen LogP contribution in [-0.2, 0) is 0 Å². The minimum Gasteiger partial charge on any atom is -0.497 e. The summed E-state index contributed by atoms with van der Waals surface area (Å²) in [6, 6.07) is 8.68. The number of hydrogen-bond donors (Lipinski definition) is 1. The molecule has 2 N–H and O–H groups in total. The van der Waals surface area contributed by atoms with E-state index in [1.165, 1.54) is 5.56 Å². The van der Waals surface area contributed by atoms with Crippen molar-refractivity contribution in [3.63, 3.8) is 0 Å². The van der Waals surface area contributed by atoms with E-state index in [1.807, 2.05) is 12.1 Å². The molecule has 2 heteroatoms. The molecule has 0 saturated heterocycles.